The van der Waals surface area contributed by atoms with E-state index in [1.165, 1.54) is 4.88 Å². The molecule has 0 aliphatic rings. The molecular formula is C13H11N3OS. The first kappa shape index (κ1) is 11.1. The lowest BCUT2D eigenvalue weighted by Crippen LogP contribution is -1.94. The third kappa shape index (κ3) is 1.46. The monoisotopic (exact) mass is 257 g/mol. The zero-order valence-corrected chi connectivity index (χ0v) is 10.9. The number of thiazole rings is 1. The third-order valence-corrected chi connectivity index (χ3v) is 4.09. The van der Waals surface area contributed by atoms with Gasteiger partial charge >= 0.3 is 0 Å². The molecule has 0 radical (unpaired) electrons. The number of nitrogens with zero attached hydrogens (tertiary/aromatic N) is 3. The van der Waals surface area contributed by atoms with Gasteiger partial charge in [0.2, 0.25) is 0 Å². The van der Waals surface area contributed by atoms with E-state index in [0.717, 1.165) is 22.0 Å². The van der Waals surface area contributed by atoms with Crippen LogP contribution in [-0.4, -0.2) is 9.38 Å². The van der Waals surface area contributed by atoms with E-state index < -0.39 is 0 Å². The number of rotatable bonds is 2. The molecule has 3 aromatic heterocycles. The average molecular weight is 257 g/mol. The molecule has 3 aromatic rings. The van der Waals surface area contributed by atoms with Crippen LogP contribution >= 0.6 is 11.3 Å². The summed E-state index contributed by atoms with van der Waals surface area (Å²) in [5, 5.41) is 9.00. The number of nitriles is 1. The van der Waals surface area contributed by atoms with Crippen molar-refractivity contribution in [2.24, 2.45) is 0 Å². The smallest absolute Gasteiger partial charge is 0.195 e. The molecule has 3 heterocycles. The maximum Gasteiger partial charge on any atom is 0.195 e. The fraction of sp³-hybridized carbons (Fsp3) is 0.231. The predicted octanol–water partition coefficient (Wildman–Crippen LogP) is 3.34. The van der Waals surface area contributed by atoms with Crippen LogP contribution in [0.5, 0.6) is 0 Å². The fourth-order valence-corrected chi connectivity index (χ4v) is 3.05. The van der Waals surface area contributed by atoms with Gasteiger partial charge in [-0.05, 0) is 26.0 Å². The zero-order chi connectivity index (χ0) is 12.7. The largest absolute Gasteiger partial charge is 0.463 e. The second-order valence-electron chi connectivity index (χ2n) is 4.08. The van der Waals surface area contributed by atoms with Gasteiger partial charge in [-0.2, -0.15) is 5.26 Å². The van der Waals surface area contributed by atoms with Crippen molar-refractivity contribution in [3.05, 3.63) is 34.7 Å². The maximum atomic E-state index is 9.00. The second kappa shape index (κ2) is 4.00. The van der Waals surface area contributed by atoms with E-state index in [0.29, 0.717) is 12.2 Å². The molecule has 0 atom stereocenters. The normalized spacial score (nSPS) is 10.9. The quantitative estimate of drug-likeness (QED) is 0.707. The van der Waals surface area contributed by atoms with Gasteiger partial charge in [0.25, 0.3) is 0 Å². The van der Waals surface area contributed by atoms with Gasteiger partial charge in [0.15, 0.2) is 10.7 Å². The Morgan fingerprint density at radius 1 is 1.50 bits per heavy atom. The number of hydrogen-bond donors (Lipinski definition) is 0. The van der Waals surface area contributed by atoms with Gasteiger partial charge in [0.05, 0.1) is 24.4 Å². The summed E-state index contributed by atoms with van der Waals surface area (Å²) in [7, 11) is 0. The minimum Gasteiger partial charge on any atom is -0.463 e. The number of fused-ring (bicyclic) bond motifs is 1. The Bertz CT molecular complexity index is 743. The highest BCUT2D eigenvalue weighted by Gasteiger charge is 2.19. The zero-order valence-electron chi connectivity index (χ0n) is 10.1. The first-order chi connectivity index (χ1) is 8.72. The maximum absolute atomic E-state index is 9.00. The SMILES string of the molecule is Cc1sc2nc(-c3ccco3)c(CC#N)n2c1C. The Morgan fingerprint density at radius 3 is 3.00 bits per heavy atom. The van der Waals surface area contributed by atoms with Crippen molar-refractivity contribution >= 4 is 16.3 Å². The number of hydrogen-bond acceptors (Lipinski definition) is 4. The van der Waals surface area contributed by atoms with Gasteiger partial charge in [-0.3, -0.25) is 4.40 Å². The van der Waals surface area contributed by atoms with Crippen molar-refractivity contribution in [1.29, 1.82) is 5.26 Å². The highest BCUT2D eigenvalue weighted by Crippen LogP contribution is 2.31. The lowest BCUT2D eigenvalue weighted by molar-refractivity contribution is 0.580. The third-order valence-electron chi connectivity index (χ3n) is 3.03. The minimum atomic E-state index is 0.328. The van der Waals surface area contributed by atoms with E-state index in [1.807, 2.05) is 19.1 Å². The minimum absolute atomic E-state index is 0.328. The molecule has 0 amide bonds. The number of aryl methyl sites for hydroxylation is 2. The molecule has 4 nitrogen and oxygen atoms in total. The molecule has 0 unspecified atom stereocenters. The molecule has 0 saturated heterocycles. The van der Waals surface area contributed by atoms with E-state index in [1.54, 1.807) is 17.6 Å². The molecule has 3 rings (SSSR count). The standard InChI is InChI=1S/C13H11N3OS/c1-8-9(2)18-13-15-12(11-4-3-7-17-11)10(5-6-14)16(8)13/h3-4,7H,5H2,1-2H3. The van der Waals surface area contributed by atoms with Crippen LogP contribution in [-0.2, 0) is 6.42 Å². The molecule has 5 heteroatoms. The Labute approximate surface area is 108 Å². The summed E-state index contributed by atoms with van der Waals surface area (Å²) >= 11 is 1.64. The van der Waals surface area contributed by atoms with Crippen LogP contribution in [0.25, 0.3) is 16.4 Å². The van der Waals surface area contributed by atoms with Gasteiger partial charge < -0.3 is 4.42 Å². The predicted molar refractivity (Wildman–Crippen MR) is 69.6 cm³/mol. The number of furan rings is 1. The van der Waals surface area contributed by atoms with Gasteiger partial charge in [0.1, 0.15) is 5.69 Å². The summed E-state index contributed by atoms with van der Waals surface area (Å²) in [6.07, 6.45) is 1.95. The van der Waals surface area contributed by atoms with Gasteiger partial charge in [-0.25, -0.2) is 4.98 Å². The molecule has 90 valence electrons. The van der Waals surface area contributed by atoms with Crippen molar-refractivity contribution in [3.63, 3.8) is 0 Å². The molecule has 0 bridgehead atoms. The molecule has 0 aromatic carbocycles. The van der Waals surface area contributed by atoms with Crippen molar-refractivity contribution in [3.8, 4) is 17.5 Å². The van der Waals surface area contributed by atoms with Crippen molar-refractivity contribution in [1.82, 2.24) is 9.38 Å². The Morgan fingerprint density at radius 2 is 2.33 bits per heavy atom. The van der Waals surface area contributed by atoms with E-state index >= 15 is 0 Å². The van der Waals surface area contributed by atoms with Crippen molar-refractivity contribution < 1.29 is 4.42 Å². The average Bonchev–Trinajstić information content (AvgIpc) is 3.01. The summed E-state index contributed by atoms with van der Waals surface area (Å²) in [6, 6.07) is 5.90. The lowest BCUT2D eigenvalue weighted by Gasteiger charge is -1.99. The topological polar surface area (TPSA) is 54.2 Å². The molecule has 0 aliphatic carbocycles. The van der Waals surface area contributed by atoms with E-state index in [4.69, 9.17) is 9.68 Å². The summed E-state index contributed by atoms with van der Waals surface area (Å²) in [4.78, 5) is 6.73. The van der Waals surface area contributed by atoms with Crippen LogP contribution in [0.2, 0.25) is 0 Å². The number of imidazole rings is 1. The number of aromatic nitrogens is 2. The molecule has 18 heavy (non-hydrogen) atoms. The fourth-order valence-electron chi connectivity index (χ4n) is 2.06. The first-order valence-corrected chi connectivity index (χ1v) is 6.42. The Balaban J connectivity index is 2.33. The highest BCUT2D eigenvalue weighted by molar-refractivity contribution is 7.17. The van der Waals surface area contributed by atoms with Gasteiger partial charge in [-0.15, -0.1) is 11.3 Å². The Kier molecular flexibility index (Phi) is 2.46. The summed E-state index contributed by atoms with van der Waals surface area (Å²) in [6.45, 7) is 4.12. The van der Waals surface area contributed by atoms with Crippen LogP contribution in [0.4, 0.5) is 0 Å². The molecule has 0 aliphatic heterocycles. The molecule has 0 fully saturated rings. The Hall–Kier alpha value is -2.06. The van der Waals surface area contributed by atoms with Gasteiger partial charge in [0, 0.05) is 10.6 Å². The molecule has 0 N–H and O–H groups in total. The van der Waals surface area contributed by atoms with Crippen LogP contribution in [0, 0.1) is 25.2 Å². The summed E-state index contributed by atoms with van der Waals surface area (Å²) in [5.74, 6) is 0.716. The molecule has 0 saturated carbocycles. The summed E-state index contributed by atoms with van der Waals surface area (Å²) < 4.78 is 7.45. The van der Waals surface area contributed by atoms with E-state index in [-0.39, 0.29) is 0 Å². The van der Waals surface area contributed by atoms with Gasteiger partial charge in [-0.1, -0.05) is 0 Å². The van der Waals surface area contributed by atoms with Crippen molar-refractivity contribution in [2.45, 2.75) is 20.3 Å². The van der Waals surface area contributed by atoms with Crippen LogP contribution < -0.4 is 0 Å². The van der Waals surface area contributed by atoms with E-state index in [2.05, 4.69) is 22.4 Å². The van der Waals surface area contributed by atoms with E-state index in [9.17, 15) is 0 Å². The second-order valence-corrected chi connectivity index (χ2v) is 5.26. The lowest BCUT2D eigenvalue weighted by atomic mass is 10.2. The van der Waals surface area contributed by atoms with Crippen molar-refractivity contribution in [2.75, 3.05) is 0 Å². The highest BCUT2D eigenvalue weighted by atomic mass is 32.1. The van der Waals surface area contributed by atoms with Crippen LogP contribution in [0.3, 0.4) is 0 Å². The van der Waals surface area contributed by atoms with Crippen LogP contribution in [0.1, 0.15) is 16.3 Å². The summed E-state index contributed by atoms with van der Waals surface area (Å²) in [5.41, 5.74) is 2.82. The molecular weight excluding hydrogens is 246 g/mol. The van der Waals surface area contributed by atoms with Crippen LogP contribution in [0.15, 0.2) is 22.8 Å². The molecule has 0 spiro atoms. The first-order valence-electron chi connectivity index (χ1n) is 5.60.